The van der Waals surface area contributed by atoms with Crippen LogP contribution in [-0.4, -0.2) is 21.1 Å². The summed E-state index contributed by atoms with van der Waals surface area (Å²) in [5.41, 5.74) is -0.110. The zero-order valence-electron chi connectivity index (χ0n) is 19.7. The van der Waals surface area contributed by atoms with Gasteiger partial charge in [-0.15, -0.1) is 0 Å². The molecule has 0 radical (unpaired) electrons. The van der Waals surface area contributed by atoms with Crippen LogP contribution in [0.4, 0.5) is 30.7 Å². The summed E-state index contributed by atoms with van der Waals surface area (Å²) in [6, 6.07) is 10.7. The third-order valence-corrected chi connectivity index (χ3v) is 6.35. The molecule has 0 saturated heterocycles. The predicted octanol–water partition coefficient (Wildman–Crippen LogP) is 7.49. The lowest BCUT2D eigenvalue weighted by molar-refractivity contribution is -0.143. The fourth-order valence-corrected chi connectivity index (χ4v) is 4.64. The van der Waals surface area contributed by atoms with Crippen molar-refractivity contribution in [3.63, 3.8) is 0 Å². The Kier molecular flexibility index (Phi) is 6.72. The maximum absolute atomic E-state index is 13.5. The minimum absolute atomic E-state index is 0.0435. The lowest BCUT2D eigenvalue weighted by Gasteiger charge is -2.19. The quantitative estimate of drug-likeness (QED) is 0.240. The molecule has 38 heavy (non-hydrogen) atoms. The van der Waals surface area contributed by atoms with Gasteiger partial charge in [0.15, 0.2) is 0 Å². The molecule has 0 amide bonds. The van der Waals surface area contributed by atoms with E-state index in [1.807, 2.05) is 4.57 Å². The van der Waals surface area contributed by atoms with Gasteiger partial charge in [0.25, 0.3) is 0 Å². The van der Waals surface area contributed by atoms with E-state index in [0.717, 1.165) is 17.1 Å². The van der Waals surface area contributed by atoms with Gasteiger partial charge in [-0.2, -0.15) is 26.3 Å². The average molecular weight is 535 g/mol. The van der Waals surface area contributed by atoms with E-state index in [1.165, 1.54) is 12.1 Å². The van der Waals surface area contributed by atoms with Crippen LogP contribution in [0.2, 0.25) is 0 Å². The number of hydrogen-bond acceptors (Lipinski definition) is 3. The molecule has 1 atom stereocenters. The number of rotatable bonds is 6. The van der Waals surface area contributed by atoms with Gasteiger partial charge in [-0.05, 0) is 66.6 Å². The van der Waals surface area contributed by atoms with Gasteiger partial charge >= 0.3 is 12.4 Å². The summed E-state index contributed by atoms with van der Waals surface area (Å²) in [5.74, 6) is 0.365. The maximum atomic E-state index is 13.5. The molecule has 0 aliphatic carbocycles. The van der Waals surface area contributed by atoms with E-state index in [-0.39, 0.29) is 30.1 Å². The SMILES string of the molecule is Fc1ccc(-c2nc3n(c2-c2ccncc2)C(COCc2cc(C(F)(F)F)cc(C(F)(F)F)c2)CC3)cc1. The Bertz CT molecular complexity index is 1400. The largest absolute Gasteiger partial charge is 0.416 e. The van der Waals surface area contributed by atoms with Crippen molar-refractivity contribution in [2.45, 2.75) is 37.8 Å². The predicted molar refractivity (Wildman–Crippen MR) is 124 cm³/mol. The van der Waals surface area contributed by atoms with Crippen molar-refractivity contribution in [3.8, 4) is 22.5 Å². The van der Waals surface area contributed by atoms with Crippen LogP contribution in [0.1, 0.15) is 35.0 Å². The highest BCUT2D eigenvalue weighted by Gasteiger charge is 2.37. The van der Waals surface area contributed by atoms with E-state index in [2.05, 4.69) is 4.98 Å². The number of benzene rings is 2. The zero-order chi connectivity index (χ0) is 27.1. The van der Waals surface area contributed by atoms with Gasteiger partial charge in [-0.3, -0.25) is 4.98 Å². The molecule has 0 spiro atoms. The number of hydrogen-bond donors (Lipinski definition) is 0. The molecule has 2 aromatic heterocycles. The molecule has 0 bridgehead atoms. The lowest BCUT2D eigenvalue weighted by atomic mass is 10.0. The van der Waals surface area contributed by atoms with Crippen LogP contribution in [0.5, 0.6) is 0 Å². The van der Waals surface area contributed by atoms with Crippen LogP contribution >= 0.6 is 0 Å². The molecule has 0 saturated carbocycles. The van der Waals surface area contributed by atoms with Crippen LogP contribution in [-0.2, 0) is 30.1 Å². The normalized spacial score (nSPS) is 15.6. The molecule has 1 unspecified atom stereocenters. The molecule has 0 fully saturated rings. The topological polar surface area (TPSA) is 39.9 Å². The fraction of sp³-hybridized carbons (Fsp3) is 0.259. The van der Waals surface area contributed by atoms with Gasteiger partial charge < -0.3 is 9.30 Å². The first-order valence-corrected chi connectivity index (χ1v) is 11.6. The second-order valence-electron chi connectivity index (χ2n) is 8.96. The fourth-order valence-electron chi connectivity index (χ4n) is 4.64. The van der Waals surface area contributed by atoms with Crippen LogP contribution in [0.15, 0.2) is 67.0 Å². The molecule has 4 nitrogen and oxygen atoms in total. The molecule has 11 heteroatoms. The zero-order valence-corrected chi connectivity index (χ0v) is 19.7. The molecule has 1 aliphatic heterocycles. The molecule has 5 rings (SSSR count). The highest BCUT2D eigenvalue weighted by atomic mass is 19.4. The summed E-state index contributed by atoms with van der Waals surface area (Å²) in [4.78, 5) is 8.82. The number of alkyl halides is 6. The third kappa shape index (κ3) is 5.28. The Morgan fingerprint density at radius 2 is 1.47 bits per heavy atom. The Labute approximate surface area is 212 Å². The van der Waals surface area contributed by atoms with E-state index in [4.69, 9.17) is 9.72 Å². The number of nitrogens with zero attached hydrogens (tertiary/aromatic N) is 3. The Hall–Kier alpha value is -3.73. The first-order valence-electron chi connectivity index (χ1n) is 11.6. The van der Waals surface area contributed by atoms with E-state index in [1.54, 1.807) is 36.7 Å². The van der Waals surface area contributed by atoms with Crippen LogP contribution in [0.3, 0.4) is 0 Å². The average Bonchev–Trinajstić information content (AvgIpc) is 3.44. The number of halogens is 7. The summed E-state index contributed by atoms with van der Waals surface area (Å²) in [7, 11) is 0. The highest BCUT2D eigenvalue weighted by molar-refractivity contribution is 5.79. The third-order valence-electron chi connectivity index (χ3n) is 6.35. The van der Waals surface area contributed by atoms with Crippen molar-refractivity contribution in [1.82, 2.24) is 14.5 Å². The van der Waals surface area contributed by atoms with Gasteiger partial charge in [-0.25, -0.2) is 9.37 Å². The van der Waals surface area contributed by atoms with Crippen LogP contribution < -0.4 is 0 Å². The second kappa shape index (κ2) is 9.86. The van der Waals surface area contributed by atoms with E-state index >= 15 is 0 Å². The molecular formula is C27H20F7N3O. The molecule has 2 aromatic carbocycles. The minimum Gasteiger partial charge on any atom is -0.375 e. The first kappa shape index (κ1) is 25.9. The van der Waals surface area contributed by atoms with Crippen molar-refractivity contribution < 1.29 is 35.5 Å². The Balaban J connectivity index is 1.43. The van der Waals surface area contributed by atoms with Crippen molar-refractivity contribution in [2.75, 3.05) is 6.61 Å². The summed E-state index contributed by atoms with van der Waals surface area (Å²) >= 11 is 0. The van der Waals surface area contributed by atoms with Crippen molar-refractivity contribution >= 4 is 0 Å². The van der Waals surface area contributed by atoms with Crippen molar-refractivity contribution in [1.29, 1.82) is 0 Å². The summed E-state index contributed by atoms with van der Waals surface area (Å²) in [6.07, 6.45) is -5.39. The summed E-state index contributed by atoms with van der Waals surface area (Å²) in [6.45, 7) is -0.384. The maximum Gasteiger partial charge on any atom is 0.416 e. The van der Waals surface area contributed by atoms with Gasteiger partial charge in [-0.1, -0.05) is 0 Å². The summed E-state index contributed by atoms with van der Waals surface area (Å²) < 4.78 is 100. The number of imidazole rings is 1. The van der Waals surface area contributed by atoms with E-state index in [0.29, 0.717) is 36.2 Å². The van der Waals surface area contributed by atoms with Crippen LogP contribution in [0, 0.1) is 5.82 Å². The minimum atomic E-state index is -4.93. The Morgan fingerprint density at radius 3 is 2.08 bits per heavy atom. The van der Waals surface area contributed by atoms with E-state index < -0.39 is 30.1 Å². The number of aromatic nitrogens is 3. The lowest BCUT2D eigenvalue weighted by Crippen LogP contribution is -2.14. The first-order chi connectivity index (χ1) is 18.0. The molecule has 3 heterocycles. The smallest absolute Gasteiger partial charge is 0.375 e. The van der Waals surface area contributed by atoms with Gasteiger partial charge in [0.1, 0.15) is 11.6 Å². The van der Waals surface area contributed by atoms with Gasteiger partial charge in [0, 0.05) is 29.9 Å². The number of aryl methyl sites for hydroxylation is 1. The number of pyridine rings is 1. The molecule has 0 N–H and O–H groups in total. The number of ether oxygens (including phenoxy) is 1. The molecule has 4 aromatic rings. The molecule has 198 valence electrons. The van der Waals surface area contributed by atoms with Crippen molar-refractivity contribution in [2.24, 2.45) is 0 Å². The van der Waals surface area contributed by atoms with Crippen molar-refractivity contribution in [3.05, 3.63) is 95.3 Å². The molecular weight excluding hydrogens is 515 g/mol. The highest BCUT2D eigenvalue weighted by Crippen LogP contribution is 2.40. The number of fused-ring (bicyclic) bond motifs is 1. The second-order valence-corrected chi connectivity index (χ2v) is 8.96. The van der Waals surface area contributed by atoms with Gasteiger partial charge in [0.2, 0.25) is 0 Å². The monoisotopic (exact) mass is 535 g/mol. The Morgan fingerprint density at radius 1 is 0.842 bits per heavy atom. The summed E-state index contributed by atoms with van der Waals surface area (Å²) in [5, 5.41) is 0. The standard InChI is InChI=1S/C27H20F7N3O/c28-21-3-1-17(2-4-21)24-25(18-7-9-35-10-8-18)37-22(5-6-23(37)36-24)15-38-14-16-11-19(26(29,30)31)13-20(12-16)27(32,33)34/h1-4,7-13,22H,5-6,14-15H2. The van der Waals surface area contributed by atoms with Gasteiger partial charge in [0.05, 0.1) is 41.8 Å². The van der Waals surface area contributed by atoms with E-state index in [9.17, 15) is 30.7 Å². The molecule has 1 aliphatic rings. The van der Waals surface area contributed by atoms with Crippen LogP contribution in [0.25, 0.3) is 22.5 Å².